The van der Waals surface area contributed by atoms with Crippen molar-refractivity contribution in [3.63, 3.8) is 0 Å². The first-order valence-electron chi connectivity index (χ1n) is 6.30. The lowest BCUT2D eigenvalue weighted by molar-refractivity contribution is 0.0766. The molecule has 0 unspecified atom stereocenters. The van der Waals surface area contributed by atoms with Crippen molar-refractivity contribution in [3.8, 4) is 12.1 Å². The van der Waals surface area contributed by atoms with Crippen molar-refractivity contribution in [3.05, 3.63) is 29.3 Å². The van der Waals surface area contributed by atoms with Gasteiger partial charge in [-0.3, -0.25) is 10.2 Å². The van der Waals surface area contributed by atoms with Crippen LogP contribution in [0.5, 0.6) is 0 Å². The van der Waals surface area contributed by atoms with Crippen molar-refractivity contribution in [2.75, 3.05) is 5.43 Å². The Kier molecular flexibility index (Phi) is 2.85. The highest BCUT2D eigenvalue weighted by Crippen LogP contribution is 2.35. The van der Waals surface area contributed by atoms with Gasteiger partial charge in [0.2, 0.25) is 5.71 Å². The molecule has 2 aliphatic rings. The van der Waals surface area contributed by atoms with Gasteiger partial charge in [-0.05, 0) is 30.5 Å². The van der Waals surface area contributed by atoms with Crippen LogP contribution >= 0.6 is 0 Å². The van der Waals surface area contributed by atoms with Gasteiger partial charge in [0.15, 0.2) is 0 Å². The van der Waals surface area contributed by atoms with Crippen LogP contribution in [-0.4, -0.2) is 22.6 Å². The average molecular weight is 265 g/mol. The molecular weight excluding hydrogens is 254 g/mol. The number of nitrogens with one attached hydrogen (secondary N) is 1. The first-order valence-corrected chi connectivity index (χ1v) is 6.30. The van der Waals surface area contributed by atoms with Gasteiger partial charge >= 0.3 is 0 Å². The monoisotopic (exact) mass is 265 g/mol. The summed E-state index contributed by atoms with van der Waals surface area (Å²) in [6.07, 6.45) is 2.17. The number of nitriles is 2. The van der Waals surface area contributed by atoms with Crippen LogP contribution in [0.25, 0.3) is 0 Å². The van der Waals surface area contributed by atoms with Crippen molar-refractivity contribution < 1.29 is 4.79 Å². The highest BCUT2D eigenvalue weighted by Gasteiger charge is 2.38. The molecule has 98 valence electrons. The van der Waals surface area contributed by atoms with Gasteiger partial charge in [-0.1, -0.05) is 6.07 Å². The maximum Gasteiger partial charge on any atom is 0.254 e. The predicted molar refractivity (Wildman–Crippen MR) is 71.6 cm³/mol. The molecule has 3 rings (SSSR count). The van der Waals surface area contributed by atoms with Crippen LogP contribution in [0, 0.1) is 22.7 Å². The fraction of sp³-hybridized carbons (Fsp3) is 0.286. The molecule has 1 aliphatic heterocycles. The van der Waals surface area contributed by atoms with Crippen LogP contribution in [0.3, 0.4) is 0 Å². The first kappa shape index (κ1) is 12.2. The molecule has 1 heterocycles. The first-order chi connectivity index (χ1) is 9.72. The number of nitrogens with zero attached hydrogens (tertiary/aromatic N) is 4. The third-order valence-electron chi connectivity index (χ3n) is 3.44. The number of hydrogen-bond donors (Lipinski definition) is 1. The molecule has 0 aromatic heterocycles. The van der Waals surface area contributed by atoms with Gasteiger partial charge < -0.3 is 4.90 Å². The summed E-state index contributed by atoms with van der Waals surface area (Å²) in [5.74, 6) is 0.0518. The van der Waals surface area contributed by atoms with Crippen LogP contribution in [0.2, 0.25) is 0 Å². The summed E-state index contributed by atoms with van der Waals surface area (Å²) in [6, 6.07) is 9.11. The van der Waals surface area contributed by atoms with Gasteiger partial charge in [0, 0.05) is 18.2 Å². The van der Waals surface area contributed by atoms with E-state index in [2.05, 4.69) is 10.5 Å². The number of hydrazone groups is 1. The molecular formula is C14H11N5O. The molecule has 1 amide bonds. The molecule has 1 saturated carbocycles. The Labute approximate surface area is 115 Å². The smallest absolute Gasteiger partial charge is 0.254 e. The Bertz CT molecular complexity index is 674. The summed E-state index contributed by atoms with van der Waals surface area (Å²) in [6.45, 7) is 0.671. The van der Waals surface area contributed by atoms with Crippen molar-refractivity contribution in [2.45, 2.75) is 25.4 Å². The van der Waals surface area contributed by atoms with Crippen molar-refractivity contribution in [1.82, 2.24) is 4.90 Å². The highest BCUT2D eigenvalue weighted by molar-refractivity contribution is 6.10. The maximum atomic E-state index is 12.2. The second-order valence-corrected chi connectivity index (χ2v) is 4.83. The van der Waals surface area contributed by atoms with Crippen molar-refractivity contribution >= 4 is 17.3 Å². The second-order valence-electron chi connectivity index (χ2n) is 4.83. The summed E-state index contributed by atoms with van der Waals surface area (Å²) in [7, 11) is 0. The highest BCUT2D eigenvalue weighted by atomic mass is 16.2. The average Bonchev–Trinajstić information content (AvgIpc) is 3.26. The standard InChI is InChI=1S/C14H11N5O/c15-6-11(7-16)18-17-10-2-1-9-8-19(12-3-4-12)14(20)13(9)5-10/h1-2,5,12,17H,3-4,8H2. The van der Waals surface area contributed by atoms with Crippen LogP contribution < -0.4 is 5.43 Å². The molecule has 1 fully saturated rings. The molecule has 0 bridgehead atoms. The Balaban J connectivity index is 1.82. The lowest BCUT2D eigenvalue weighted by atomic mass is 10.1. The minimum absolute atomic E-state index is 0.0518. The van der Waals surface area contributed by atoms with Crippen LogP contribution in [0.15, 0.2) is 23.3 Å². The van der Waals surface area contributed by atoms with E-state index in [1.807, 2.05) is 11.0 Å². The topological polar surface area (TPSA) is 92.3 Å². The lowest BCUT2D eigenvalue weighted by Crippen LogP contribution is -2.25. The molecule has 0 spiro atoms. The molecule has 1 aromatic rings. The molecule has 6 heteroatoms. The summed E-state index contributed by atoms with van der Waals surface area (Å²) in [5, 5.41) is 20.9. The Hall–Kier alpha value is -2.86. The number of amides is 1. The van der Waals surface area contributed by atoms with Crippen LogP contribution in [0.1, 0.15) is 28.8 Å². The van der Waals surface area contributed by atoms with Gasteiger partial charge in [-0.2, -0.15) is 15.6 Å². The zero-order chi connectivity index (χ0) is 14.1. The van der Waals surface area contributed by atoms with Gasteiger partial charge in [0.1, 0.15) is 12.1 Å². The van der Waals surface area contributed by atoms with Crippen molar-refractivity contribution in [1.29, 1.82) is 10.5 Å². The van der Waals surface area contributed by atoms with Gasteiger partial charge in [0.25, 0.3) is 5.91 Å². The number of anilines is 1. The van der Waals surface area contributed by atoms with Crippen LogP contribution in [-0.2, 0) is 6.54 Å². The van der Waals surface area contributed by atoms with Gasteiger partial charge in [-0.25, -0.2) is 0 Å². The minimum Gasteiger partial charge on any atom is -0.331 e. The van der Waals surface area contributed by atoms with Gasteiger partial charge in [-0.15, -0.1) is 0 Å². The third kappa shape index (κ3) is 2.08. The second kappa shape index (κ2) is 4.67. The van der Waals surface area contributed by atoms with E-state index in [4.69, 9.17) is 10.5 Å². The fourth-order valence-electron chi connectivity index (χ4n) is 2.27. The Morgan fingerprint density at radius 3 is 2.75 bits per heavy atom. The van der Waals surface area contributed by atoms with Crippen molar-refractivity contribution in [2.24, 2.45) is 5.10 Å². The van der Waals surface area contributed by atoms with Crippen LogP contribution in [0.4, 0.5) is 5.69 Å². The van der Waals surface area contributed by atoms with E-state index in [1.165, 1.54) is 0 Å². The normalized spacial score (nSPS) is 16.1. The number of rotatable bonds is 3. The van der Waals surface area contributed by atoms with E-state index >= 15 is 0 Å². The Morgan fingerprint density at radius 2 is 2.10 bits per heavy atom. The molecule has 6 nitrogen and oxygen atoms in total. The predicted octanol–water partition coefficient (Wildman–Crippen LogP) is 1.62. The number of benzene rings is 1. The van der Waals surface area contributed by atoms with E-state index < -0.39 is 0 Å². The summed E-state index contributed by atoms with van der Waals surface area (Å²) >= 11 is 0. The van der Waals surface area contributed by atoms with E-state index in [9.17, 15) is 4.79 Å². The minimum atomic E-state index is -0.253. The molecule has 1 aromatic carbocycles. The Morgan fingerprint density at radius 1 is 1.35 bits per heavy atom. The maximum absolute atomic E-state index is 12.2. The fourth-order valence-corrected chi connectivity index (χ4v) is 2.27. The number of carbonyl (C=O) groups excluding carboxylic acids is 1. The van der Waals surface area contributed by atoms with E-state index in [0.717, 1.165) is 18.4 Å². The SMILES string of the molecule is N#CC(C#N)=NNc1ccc2c(c1)C(=O)N(C1CC1)C2. The molecule has 0 saturated heterocycles. The zero-order valence-corrected chi connectivity index (χ0v) is 10.6. The summed E-state index contributed by atoms with van der Waals surface area (Å²) < 4.78 is 0. The molecule has 1 N–H and O–H groups in total. The number of hydrogen-bond acceptors (Lipinski definition) is 5. The molecule has 20 heavy (non-hydrogen) atoms. The van der Waals surface area contributed by atoms with E-state index in [-0.39, 0.29) is 11.6 Å². The lowest BCUT2D eigenvalue weighted by Gasteiger charge is -2.13. The molecule has 0 atom stereocenters. The quantitative estimate of drug-likeness (QED) is 0.664. The summed E-state index contributed by atoms with van der Waals surface area (Å²) in [4.78, 5) is 14.1. The third-order valence-corrected chi connectivity index (χ3v) is 3.44. The number of carbonyl (C=O) groups is 1. The summed E-state index contributed by atoms with van der Waals surface area (Å²) in [5.41, 5.74) is 4.66. The largest absolute Gasteiger partial charge is 0.331 e. The number of fused-ring (bicyclic) bond motifs is 1. The zero-order valence-electron chi connectivity index (χ0n) is 10.6. The molecule has 0 radical (unpaired) electrons. The van der Waals surface area contributed by atoms with E-state index in [1.54, 1.807) is 24.3 Å². The van der Waals surface area contributed by atoms with Gasteiger partial charge in [0.05, 0.1) is 5.69 Å². The van der Waals surface area contributed by atoms with E-state index in [0.29, 0.717) is 23.8 Å². The molecule has 1 aliphatic carbocycles.